The maximum atomic E-state index is 11.6. The Morgan fingerprint density at radius 3 is 2.46 bits per heavy atom. The van der Waals surface area contributed by atoms with Gasteiger partial charge in [-0.05, 0) is 25.7 Å². The van der Waals surface area contributed by atoms with E-state index in [0.717, 1.165) is 19.4 Å². The summed E-state index contributed by atoms with van der Waals surface area (Å²) in [6.45, 7) is 9.64. The first-order valence-electron chi connectivity index (χ1n) is 8.97. The van der Waals surface area contributed by atoms with Crippen molar-refractivity contribution in [1.29, 1.82) is 0 Å². The Morgan fingerprint density at radius 2 is 1.88 bits per heavy atom. The molecule has 0 saturated heterocycles. The van der Waals surface area contributed by atoms with Crippen LogP contribution in [0, 0.1) is 5.92 Å². The van der Waals surface area contributed by atoms with Crippen molar-refractivity contribution in [3.63, 3.8) is 0 Å². The quantitative estimate of drug-likeness (QED) is 0.159. The van der Waals surface area contributed by atoms with Crippen LogP contribution in [0.15, 0.2) is 4.99 Å². The third-order valence-electron chi connectivity index (χ3n) is 3.28. The molecule has 3 N–H and O–H groups in total. The minimum atomic E-state index is -0.383. The van der Waals surface area contributed by atoms with Crippen LogP contribution in [-0.4, -0.2) is 71.8 Å². The lowest BCUT2D eigenvalue weighted by Crippen LogP contribution is -2.47. The van der Waals surface area contributed by atoms with Crippen LogP contribution in [0.1, 0.15) is 33.6 Å². The van der Waals surface area contributed by atoms with Crippen molar-refractivity contribution < 1.29 is 19.0 Å². The molecule has 26 heavy (non-hydrogen) atoms. The molecule has 0 aliphatic rings. The first-order valence-corrected chi connectivity index (χ1v) is 8.97. The topological polar surface area (TPSA) is 93.2 Å². The molecule has 0 aliphatic carbocycles. The average molecular weight is 488 g/mol. The summed E-state index contributed by atoms with van der Waals surface area (Å²) in [6.07, 6.45) is 1.35. The normalized spacial score (nSPS) is 12.3. The molecule has 1 atom stereocenters. The van der Waals surface area contributed by atoms with Gasteiger partial charge in [-0.2, -0.15) is 0 Å². The van der Waals surface area contributed by atoms with Crippen molar-refractivity contribution in [3.8, 4) is 0 Å². The molecule has 1 amide bonds. The van der Waals surface area contributed by atoms with E-state index in [2.05, 4.69) is 34.8 Å². The molecule has 0 saturated carbocycles. The summed E-state index contributed by atoms with van der Waals surface area (Å²) in [5.74, 6) is 1.17. The van der Waals surface area contributed by atoms with Crippen LogP contribution in [0.3, 0.4) is 0 Å². The van der Waals surface area contributed by atoms with Gasteiger partial charge < -0.3 is 30.2 Å². The van der Waals surface area contributed by atoms with E-state index in [1.807, 2.05) is 0 Å². The maximum absolute atomic E-state index is 11.6. The van der Waals surface area contributed by atoms with Gasteiger partial charge in [0.05, 0.1) is 19.8 Å². The number of nitrogens with zero attached hydrogens (tertiary/aromatic N) is 1. The summed E-state index contributed by atoms with van der Waals surface area (Å²) in [5, 5.41) is 9.36. The molecule has 1 unspecified atom stereocenters. The van der Waals surface area contributed by atoms with Gasteiger partial charge in [0.1, 0.15) is 0 Å². The molecule has 156 valence electrons. The number of carbonyl (C=O) groups is 1. The molecule has 0 heterocycles. The van der Waals surface area contributed by atoms with Gasteiger partial charge in [0.2, 0.25) is 0 Å². The zero-order valence-electron chi connectivity index (χ0n) is 16.8. The fourth-order valence-electron chi connectivity index (χ4n) is 2.17. The Morgan fingerprint density at radius 1 is 1.15 bits per heavy atom. The maximum Gasteiger partial charge on any atom is 0.407 e. The van der Waals surface area contributed by atoms with E-state index in [1.165, 1.54) is 0 Å². The summed E-state index contributed by atoms with van der Waals surface area (Å²) in [6, 6.07) is -0.0185. The lowest BCUT2D eigenvalue weighted by molar-refractivity contribution is 0.0698. The first-order chi connectivity index (χ1) is 12.0. The second-order valence-corrected chi connectivity index (χ2v) is 6.03. The summed E-state index contributed by atoms with van der Waals surface area (Å²) in [5.41, 5.74) is 0. The van der Waals surface area contributed by atoms with Gasteiger partial charge in [0.15, 0.2) is 5.96 Å². The van der Waals surface area contributed by atoms with Crippen molar-refractivity contribution >= 4 is 36.0 Å². The van der Waals surface area contributed by atoms with Gasteiger partial charge in [0.25, 0.3) is 0 Å². The second-order valence-electron chi connectivity index (χ2n) is 6.03. The van der Waals surface area contributed by atoms with Gasteiger partial charge in [-0.25, -0.2) is 4.79 Å². The minimum absolute atomic E-state index is 0. The third-order valence-corrected chi connectivity index (χ3v) is 3.28. The number of hydrogen-bond acceptors (Lipinski definition) is 5. The highest BCUT2D eigenvalue weighted by Gasteiger charge is 2.15. The predicted molar refractivity (Wildman–Crippen MR) is 115 cm³/mol. The Balaban J connectivity index is 0. The summed E-state index contributed by atoms with van der Waals surface area (Å²) < 4.78 is 15.3. The van der Waals surface area contributed by atoms with Crippen LogP contribution in [0.2, 0.25) is 0 Å². The number of rotatable bonds is 13. The smallest absolute Gasteiger partial charge is 0.407 e. The van der Waals surface area contributed by atoms with Gasteiger partial charge in [-0.1, -0.05) is 13.8 Å². The molecule has 9 heteroatoms. The molecule has 0 bridgehead atoms. The lowest BCUT2D eigenvalue weighted by atomic mass is 10.0. The van der Waals surface area contributed by atoms with Gasteiger partial charge in [-0.15, -0.1) is 24.0 Å². The van der Waals surface area contributed by atoms with Crippen molar-refractivity contribution in [2.75, 3.05) is 53.7 Å². The molecule has 8 nitrogen and oxygen atoms in total. The molecule has 0 spiro atoms. The second kappa shape index (κ2) is 19.0. The van der Waals surface area contributed by atoms with Crippen LogP contribution < -0.4 is 16.0 Å². The largest absolute Gasteiger partial charge is 0.450 e. The summed E-state index contributed by atoms with van der Waals surface area (Å²) in [7, 11) is 3.38. The number of alkyl carbamates (subject to hydrolysis) is 1. The highest BCUT2D eigenvalue weighted by Crippen LogP contribution is 2.04. The molecule has 0 aliphatic heterocycles. The number of halogens is 1. The Bertz CT molecular complexity index is 371. The van der Waals surface area contributed by atoms with Crippen molar-refractivity contribution in [3.05, 3.63) is 0 Å². The zero-order valence-corrected chi connectivity index (χ0v) is 19.1. The Kier molecular flexibility index (Phi) is 20.0. The standard InChI is InChI=1S/C17H36N4O4.HI/c1-6-25-17(22)21-15(12-14(2)3)13-20-16(18-4)19-8-7-9-24-11-10-23-5;/h14-15H,6-13H2,1-5H3,(H,21,22)(H2,18,19,20);1H. The average Bonchev–Trinajstić information content (AvgIpc) is 2.56. The number of methoxy groups -OCH3 is 1. The van der Waals surface area contributed by atoms with E-state index in [1.54, 1.807) is 21.1 Å². The van der Waals surface area contributed by atoms with Gasteiger partial charge >= 0.3 is 6.09 Å². The van der Waals surface area contributed by atoms with Gasteiger partial charge in [-0.3, -0.25) is 4.99 Å². The van der Waals surface area contributed by atoms with Gasteiger partial charge in [0, 0.05) is 39.9 Å². The zero-order chi connectivity index (χ0) is 18.9. The van der Waals surface area contributed by atoms with Crippen LogP contribution >= 0.6 is 24.0 Å². The highest BCUT2D eigenvalue weighted by molar-refractivity contribution is 14.0. The number of carbonyl (C=O) groups excluding carboxylic acids is 1. The lowest BCUT2D eigenvalue weighted by Gasteiger charge is -2.22. The Labute approximate surface area is 175 Å². The predicted octanol–water partition coefficient (Wildman–Crippen LogP) is 1.98. The highest BCUT2D eigenvalue weighted by atomic mass is 127. The van der Waals surface area contributed by atoms with Crippen LogP contribution in [0.4, 0.5) is 4.79 Å². The van der Waals surface area contributed by atoms with Crippen LogP contribution in [0.5, 0.6) is 0 Å². The fraction of sp³-hybridized carbons (Fsp3) is 0.882. The SMILES string of the molecule is CCOC(=O)NC(CNC(=NC)NCCCOCCOC)CC(C)C.I. The molecule has 0 rings (SSSR count). The van der Waals surface area contributed by atoms with Crippen LogP contribution in [0.25, 0.3) is 0 Å². The number of amides is 1. The molecular weight excluding hydrogens is 451 g/mol. The van der Waals surface area contributed by atoms with E-state index in [0.29, 0.717) is 44.8 Å². The van der Waals surface area contributed by atoms with E-state index < -0.39 is 0 Å². The number of ether oxygens (including phenoxy) is 3. The van der Waals surface area contributed by atoms with Crippen molar-refractivity contribution in [2.24, 2.45) is 10.9 Å². The molecule has 0 aromatic heterocycles. The van der Waals surface area contributed by atoms with E-state index >= 15 is 0 Å². The number of aliphatic imine (C=N–C) groups is 1. The fourth-order valence-corrected chi connectivity index (χ4v) is 2.17. The Hall–Kier alpha value is -0.810. The number of guanidine groups is 1. The number of hydrogen-bond donors (Lipinski definition) is 3. The summed E-state index contributed by atoms with van der Waals surface area (Å²) in [4.78, 5) is 15.8. The van der Waals surface area contributed by atoms with Crippen molar-refractivity contribution in [1.82, 2.24) is 16.0 Å². The number of nitrogens with one attached hydrogen (secondary N) is 3. The first kappa shape index (κ1) is 27.4. The minimum Gasteiger partial charge on any atom is -0.450 e. The molecule has 0 aromatic carbocycles. The van der Waals surface area contributed by atoms with E-state index in [4.69, 9.17) is 14.2 Å². The monoisotopic (exact) mass is 488 g/mol. The third kappa shape index (κ3) is 16.6. The molecule has 0 aromatic rings. The van der Waals surface area contributed by atoms with E-state index in [9.17, 15) is 4.79 Å². The summed E-state index contributed by atoms with van der Waals surface area (Å²) >= 11 is 0. The van der Waals surface area contributed by atoms with E-state index in [-0.39, 0.29) is 36.1 Å². The van der Waals surface area contributed by atoms with Crippen LogP contribution in [-0.2, 0) is 14.2 Å². The van der Waals surface area contributed by atoms with Crippen molar-refractivity contribution in [2.45, 2.75) is 39.7 Å². The molecular formula is C17H37IN4O4. The molecule has 0 fully saturated rings. The molecule has 0 radical (unpaired) electrons.